The number of aryl methyl sites for hydroxylation is 1. The summed E-state index contributed by atoms with van der Waals surface area (Å²) in [5, 5.41) is 0.961. The van der Waals surface area contributed by atoms with Crippen molar-refractivity contribution in [1.82, 2.24) is 13.8 Å². The largest absolute Gasteiger partial charge is 0.496 e. The third-order valence-electron chi connectivity index (χ3n) is 8.55. The molecule has 2 aromatic carbocycles. The summed E-state index contributed by atoms with van der Waals surface area (Å²) in [5.41, 5.74) is 11.1. The second-order valence-corrected chi connectivity index (χ2v) is 13.4. The second-order valence-electron chi connectivity index (χ2n) is 12.6. The van der Waals surface area contributed by atoms with Crippen LogP contribution in [0.1, 0.15) is 80.6 Å². The van der Waals surface area contributed by atoms with Crippen LogP contribution in [0, 0.1) is 12.3 Å². The maximum Gasteiger partial charge on any atom is 0.419 e. The van der Waals surface area contributed by atoms with Crippen molar-refractivity contribution in [2.24, 2.45) is 5.41 Å². The Morgan fingerprint density at radius 1 is 1.11 bits per heavy atom. The molecule has 10 heteroatoms. The molecular formula is C34H48N4O5S. The lowest BCUT2D eigenvalue weighted by molar-refractivity contribution is -0.0286. The Balaban J connectivity index is 0.00000216. The predicted octanol–water partition coefficient (Wildman–Crippen LogP) is 7.05. The van der Waals surface area contributed by atoms with Crippen molar-refractivity contribution in [3.8, 4) is 5.75 Å². The molecule has 2 N–H and O–H groups in total. The van der Waals surface area contributed by atoms with Crippen LogP contribution in [0.4, 0.5) is 10.5 Å². The van der Waals surface area contributed by atoms with Gasteiger partial charge < -0.3 is 19.9 Å². The van der Waals surface area contributed by atoms with Gasteiger partial charge in [0.1, 0.15) is 11.4 Å². The Morgan fingerprint density at radius 3 is 2.41 bits per heavy atom. The number of nitrogens with zero attached hydrogens (tertiary/aromatic N) is 3. The number of ether oxygens (including phenoxy) is 3. The summed E-state index contributed by atoms with van der Waals surface area (Å²) in [6, 6.07) is 9.53. The van der Waals surface area contributed by atoms with Crippen LogP contribution in [-0.4, -0.2) is 71.5 Å². The molecule has 2 aliphatic rings. The third-order valence-corrected chi connectivity index (χ3v) is 9.32. The van der Waals surface area contributed by atoms with E-state index in [1.54, 1.807) is 42.0 Å². The molecule has 0 bridgehead atoms. The summed E-state index contributed by atoms with van der Waals surface area (Å²) in [7, 11) is 3.06. The molecule has 1 atom stereocenters. The SMILES string of the molecule is CC.COC(=O)c1ccc(C2CC3(CCN2Cc2c(OC)cc(C)c4c2ccn4C(=O)OC(C)(C)C)CN(SC)C3)c(N)c1. The van der Waals surface area contributed by atoms with Gasteiger partial charge in [0.2, 0.25) is 0 Å². The van der Waals surface area contributed by atoms with E-state index in [4.69, 9.17) is 19.9 Å². The van der Waals surface area contributed by atoms with Crippen molar-refractivity contribution in [3.05, 3.63) is 58.8 Å². The molecule has 44 heavy (non-hydrogen) atoms. The van der Waals surface area contributed by atoms with Crippen molar-refractivity contribution in [2.45, 2.75) is 72.6 Å². The summed E-state index contributed by atoms with van der Waals surface area (Å²) >= 11 is 1.79. The number of esters is 1. The van der Waals surface area contributed by atoms with Gasteiger partial charge in [-0.1, -0.05) is 31.9 Å². The minimum Gasteiger partial charge on any atom is -0.496 e. The van der Waals surface area contributed by atoms with E-state index < -0.39 is 17.7 Å². The molecule has 0 saturated carbocycles. The van der Waals surface area contributed by atoms with Crippen LogP contribution in [0.15, 0.2) is 36.5 Å². The molecule has 1 aromatic heterocycles. The van der Waals surface area contributed by atoms with Gasteiger partial charge in [-0.15, -0.1) is 0 Å². The van der Waals surface area contributed by atoms with Gasteiger partial charge in [-0.25, -0.2) is 13.9 Å². The summed E-state index contributed by atoms with van der Waals surface area (Å²) in [6.45, 7) is 15.2. The van der Waals surface area contributed by atoms with Gasteiger partial charge in [-0.3, -0.25) is 9.47 Å². The van der Waals surface area contributed by atoms with Crippen molar-refractivity contribution >= 4 is 40.6 Å². The van der Waals surface area contributed by atoms with Gasteiger partial charge in [0.25, 0.3) is 0 Å². The molecule has 240 valence electrons. The van der Waals surface area contributed by atoms with Crippen molar-refractivity contribution in [1.29, 1.82) is 0 Å². The highest BCUT2D eigenvalue weighted by Crippen LogP contribution is 2.50. The molecule has 0 amide bonds. The summed E-state index contributed by atoms with van der Waals surface area (Å²) in [4.78, 5) is 27.8. The quantitative estimate of drug-likeness (QED) is 0.176. The number of anilines is 1. The smallest absolute Gasteiger partial charge is 0.419 e. The first-order chi connectivity index (χ1) is 20.9. The van der Waals surface area contributed by atoms with Crippen LogP contribution in [0.2, 0.25) is 0 Å². The number of nitrogen functional groups attached to an aromatic ring is 1. The second kappa shape index (κ2) is 13.4. The molecule has 2 fully saturated rings. The fourth-order valence-corrected chi connectivity index (χ4v) is 7.30. The van der Waals surface area contributed by atoms with E-state index in [0.29, 0.717) is 17.8 Å². The summed E-state index contributed by atoms with van der Waals surface area (Å²) in [5.74, 6) is 0.383. The maximum absolute atomic E-state index is 13.1. The highest BCUT2D eigenvalue weighted by atomic mass is 32.2. The first kappa shape index (κ1) is 33.7. The van der Waals surface area contributed by atoms with E-state index in [0.717, 1.165) is 65.8 Å². The molecule has 3 aromatic rings. The topological polar surface area (TPSA) is 99.3 Å². The monoisotopic (exact) mass is 624 g/mol. The molecule has 2 saturated heterocycles. The first-order valence-corrected chi connectivity index (χ1v) is 16.5. The number of piperidine rings is 1. The van der Waals surface area contributed by atoms with E-state index in [2.05, 4.69) is 15.5 Å². The summed E-state index contributed by atoms with van der Waals surface area (Å²) < 4.78 is 20.5. The molecular weight excluding hydrogens is 576 g/mol. The fraction of sp³-hybridized carbons (Fsp3) is 0.529. The predicted molar refractivity (Wildman–Crippen MR) is 178 cm³/mol. The van der Waals surface area contributed by atoms with E-state index in [-0.39, 0.29) is 11.5 Å². The highest BCUT2D eigenvalue weighted by molar-refractivity contribution is 7.96. The number of hydrogen-bond donors (Lipinski definition) is 1. The minimum atomic E-state index is -0.607. The Labute approximate surface area is 266 Å². The molecule has 9 nitrogen and oxygen atoms in total. The first-order valence-electron chi connectivity index (χ1n) is 15.3. The number of carbonyl (C=O) groups excluding carboxylic acids is 2. The van der Waals surface area contributed by atoms with Crippen LogP contribution >= 0.6 is 11.9 Å². The van der Waals surface area contributed by atoms with Crippen LogP contribution in [0.5, 0.6) is 5.75 Å². The zero-order valence-electron chi connectivity index (χ0n) is 27.7. The van der Waals surface area contributed by atoms with Gasteiger partial charge in [0.05, 0.1) is 25.3 Å². The van der Waals surface area contributed by atoms with Gasteiger partial charge in [-0.2, -0.15) is 0 Å². The van der Waals surface area contributed by atoms with E-state index in [9.17, 15) is 9.59 Å². The molecule has 1 unspecified atom stereocenters. The molecule has 5 rings (SSSR count). The average molecular weight is 625 g/mol. The van der Waals surface area contributed by atoms with Crippen LogP contribution < -0.4 is 10.5 Å². The average Bonchev–Trinajstić information content (AvgIpc) is 3.43. The lowest BCUT2D eigenvalue weighted by atomic mass is 9.69. The van der Waals surface area contributed by atoms with Crippen LogP contribution in [0.3, 0.4) is 0 Å². The van der Waals surface area contributed by atoms with Gasteiger partial charge in [-0.05, 0) is 88.7 Å². The molecule has 2 aliphatic heterocycles. The Bertz CT molecular complexity index is 1510. The fourth-order valence-electron chi connectivity index (χ4n) is 6.49. The number of hydrogen-bond acceptors (Lipinski definition) is 9. The number of benzene rings is 2. The van der Waals surface area contributed by atoms with Crippen molar-refractivity contribution in [3.63, 3.8) is 0 Å². The maximum atomic E-state index is 13.1. The van der Waals surface area contributed by atoms with Gasteiger partial charge in [0.15, 0.2) is 0 Å². The van der Waals surface area contributed by atoms with Crippen LogP contribution in [0.25, 0.3) is 10.9 Å². The van der Waals surface area contributed by atoms with E-state index >= 15 is 0 Å². The Morgan fingerprint density at radius 2 is 1.82 bits per heavy atom. The standard InChI is InChI=1S/C32H42N4O5S.C2H6/c1-20-14-27(39-5)24(22-10-12-36(28(20)22)30(38)41-31(2,3)4)17-34-13-11-32(18-35(19-32)42-7)16-26(34)23-9-8-21(15-25(23)33)29(37)40-6;1-2/h8-10,12,14-15,26H,11,13,16-19,33H2,1-7H3;1-2H3. The molecule has 1 spiro atoms. The molecule has 0 radical (unpaired) electrons. The number of rotatable bonds is 6. The summed E-state index contributed by atoms with van der Waals surface area (Å²) in [6.07, 6.45) is 5.54. The highest BCUT2D eigenvalue weighted by Gasteiger charge is 2.48. The lowest BCUT2D eigenvalue weighted by Crippen LogP contribution is -2.58. The number of nitrogens with two attached hydrogens (primary N) is 1. The Hall–Kier alpha value is -3.21. The number of aromatic nitrogens is 1. The van der Waals surface area contributed by atoms with Gasteiger partial charge >= 0.3 is 12.1 Å². The van der Waals surface area contributed by atoms with Crippen LogP contribution in [-0.2, 0) is 16.0 Å². The normalized spacial score (nSPS) is 18.3. The number of methoxy groups -OCH3 is 2. The molecule has 0 aliphatic carbocycles. The van der Waals surface area contributed by atoms with Crippen molar-refractivity contribution in [2.75, 3.05) is 45.8 Å². The van der Waals surface area contributed by atoms with Gasteiger partial charge in [0, 0.05) is 53.9 Å². The number of likely N-dealkylation sites (tertiary alicyclic amines) is 1. The van der Waals surface area contributed by atoms with E-state index in [1.807, 2.05) is 59.7 Å². The molecule has 3 heterocycles. The minimum absolute atomic E-state index is 0.0449. The number of carbonyl (C=O) groups is 2. The lowest BCUT2D eigenvalue weighted by Gasteiger charge is -2.56. The van der Waals surface area contributed by atoms with E-state index in [1.165, 1.54) is 7.11 Å². The zero-order valence-corrected chi connectivity index (χ0v) is 28.5. The zero-order chi connectivity index (χ0) is 32.4. The number of fused-ring (bicyclic) bond motifs is 1. The van der Waals surface area contributed by atoms with Crippen molar-refractivity contribution < 1.29 is 23.8 Å². The third kappa shape index (κ3) is 6.72. The Kier molecular flexibility index (Phi) is 10.3.